The van der Waals surface area contributed by atoms with Gasteiger partial charge < -0.3 is 23.8 Å². The van der Waals surface area contributed by atoms with Gasteiger partial charge >= 0.3 is 12.1 Å². The fourth-order valence-corrected chi connectivity index (χ4v) is 4.17. The number of benzene rings is 1. The number of nitrogens with zero attached hydrogens (tertiary/aromatic N) is 2. The van der Waals surface area contributed by atoms with Crippen LogP contribution in [0.5, 0.6) is 5.75 Å². The van der Waals surface area contributed by atoms with Crippen LogP contribution in [-0.4, -0.2) is 32.7 Å². The van der Waals surface area contributed by atoms with Crippen molar-refractivity contribution in [3.63, 3.8) is 0 Å². The lowest BCUT2D eigenvalue weighted by Crippen LogP contribution is -2.29. The first-order valence-electron chi connectivity index (χ1n) is 11.3. The zero-order chi connectivity index (χ0) is 26.7. The Hall–Kier alpha value is -4.28. The van der Waals surface area contributed by atoms with E-state index in [0.29, 0.717) is 12.1 Å². The van der Waals surface area contributed by atoms with Gasteiger partial charge in [-0.05, 0) is 37.3 Å². The van der Waals surface area contributed by atoms with E-state index in [1.165, 1.54) is 48.3 Å². The molecule has 0 fully saturated rings. The normalized spacial score (nSPS) is 12.5. The molecule has 1 atom stereocenters. The molecule has 0 unspecified atom stereocenters. The van der Waals surface area contributed by atoms with Crippen LogP contribution >= 0.6 is 0 Å². The molecule has 37 heavy (non-hydrogen) atoms. The number of halogens is 3. The van der Waals surface area contributed by atoms with Crippen LogP contribution in [0.4, 0.5) is 13.2 Å². The predicted octanol–water partition coefficient (Wildman–Crippen LogP) is 4.80. The molecule has 0 radical (unpaired) electrons. The molecule has 0 amide bonds. The van der Waals surface area contributed by atoms with E-state index < -0.39 is 29.2 Å². The standard InChI is InChI=1S/C26H24F3N3O5/c1-15-10-20(33)24(25(35)32(15)9-8-18-13-30-14-31-18)19(12-23(34)36-2)22-7-6-21(37-22)16-4-3-5-17(11-16)26(27,28)29/h3-7,10-11,13-14,19,33H,8-9,12H2,1-2H3,(H,30,31)/t19-/m0/s1. The molecule has 11 heteroatoms. The third-order valence-electron chi connectivity index (χ3n) is 6.07. The Morgan fingerprint density at radius 3 is 2.70 bits per heavy atom. The molecule has 8 nitrogen and oxygen atoms in total. The number of methoxy groups -OCH3 is 1. The van der Waals surface area contributed by atoms with Crippen LogP contribution < -0.4 is 5.56 Å². The average molecular weight is 515 g/mol. The van der Waals surface area contributed by atoms with E-state index >= 15 is 0 Å². The fourth-order valence-electron chi connectivity index (χ4n) is 4.17. The zero-order valence-corrected chi connectivity index (χ0v) is 20.0. The number of hydrogen-bond donors (Lipinski definition) is 2. The van der Waals surface area contributed by atoms with Gasteiger partial charge in [0.1, 0.15) is 17.3 Å². The summed E-state index contributed by atoms with van der Waals surface area (Å²) in [6, 6.07) is 8.96. The van der Waals surface area contributed by atoms with Crippen molar-refractivity contribution in [1.82, 2.24) is 14.5 Å². The van der Waals surface area contributed by atoms with E-state index in [9.17, 15) is 27.9 Å². The summed E-state index contributed by atoms with van der Waals surface area (Å²) in [4.78, 5) is 32.7. The van der Waals surface area contributed by atoms with Crippen molar-refractivity contribution < 1.29 is 32.2 Å². The average Bonchev–Trinajstić information content (AvgIpc) is 3.55. The van der Waals surface area contributed by atoms with Gasteiger partial charge in [-0.3, -0.25) is 9.59 Å². The van der Waals surface area contributed by atoms with Gasteiger partial charge in [-0.1, -0.05) is 12.1 Å². The highest BCUT2D eigenvalue weighted by Gasteiger charge is 2.32. The second kappa shape index (κ2) is 10.4. The third kappa shape index (κ3) is 5.60. The molecule has 4 rings (SSSR count). The summed E-state index contributed by atoms with van der Waals surface area (Å²) in [5.41, 5.74) is 0.0392. The first kappa shape index (κ1) is 25.8. The van der Waals surface area contributed by atoms with E-state index in [-0.39, 0.29) is 41.4 Å². The van der Waals surface area contributed by atoms with Gasteiger partial charge in [-0.2, -0.15) is 13.2 Å². The van der Waals surface area contributed by atoms with Crippen molar-refractivity contribution in [1.29, 1.82) is 0 Å². The number of rotatable bonds is 8. The van der Waals surface area contributed by atoms with Crippen molar-refractivity contribution in [2.24, 2.45) is 0 Å². The molecule has 0 spiro atoms. The Morgan fingerprint density at radius 1 is 1.24 bits per heavy atom. The summed E-state index contributed by atoms with van der Waals surface area (Å²) in [6.07, 6.45) is -1.24. The predicted molar refractivity (Wildman–Crippen MR) is 127 cm³/mol. The van der Waals surface area contributed by atoms with Crippen molar-refractivity contribution in [2.45, 2.75) is 38.4 Å². The minimum atomic E-state index is -4.53. The molecule has 3 aromatic heterocycles. The van der Waals surface area contributed by atoms with Gasteiger partial charge in [0.2, 0.25) is 0 Å². The smallest absolute Gasteiger partial charge is 0.416 e. The summed E-state index contributed by atoms with van der Waals surface area (Å²) >= 11 is 0. The number of ether oxygens (including phenoxy) is 1. The number of carbonyl (C=O) groups excluding carboxylic acids is 1. The van der Waals surface area contributed by atoms with Gasteiger partial charge in [0.25, 0.3) is 5.56 Å². The minimum absolute atomic E-state index is 0.0782. The Kier molecular flexibility index (Phi) is 7.23. The van der Waals surface area contributed by atoms with Crippen LogP contribution in [0.1, 0.15) is 40.6 Å². The summed E-state index contributed by atoms with van der Waals surface area (Å²) in [5.74, 6) is -1.80. The molecule has 1 aromatic carbocycles. The van der Waals surface area contributed by atoms with Gasteiger partial charge in [0.05, 0.1) is 36.9 Å². The van der Waals surface area contributed by atoms with Crippen LogP contribution in [-0.2, 0) is 28.7 Å². The van der Waals surface area contributed by atoms with Crippen molar-refractivity contribution in [3.8, 4) is 17.1 Å². The summed E-state index contributed by atoms with van der Waals surface area (Å²) in [6.45, 7) is 1.95. The number of hydrogen-bond acceptors (Lipinski definition) is 6. The summed E-state index contributed by atoms with van der Waals surface area (Å²) in [7, 11) is 1.19. The van der Waals surface area contributed by atoms with E-state index in [0.717, 1.165) is 17.8 Å². The first-order valence-corrected chi connectivity index (χ1v) is 11.3. The number of nitrogens with one attached hydrogen (secondary N) is 1. The number of pyridine rings is 1. The van der Waals surface area contributed by atoms with E-state index in [1.54, 1.807) is 13.1 Å². The maximum atomic E-state index is 13.5. The monoisotopic (exact) mass is 515 g/mol. The maximum absolute atomic E-state index is 13.5. The zero-order valence-electron chi connectivity index (χ0n) is 20.0. The highest BCUT2D eigenvalue weighted by molar-refractivity contribution is 5.71. The van der Waals surface area contributed by atoms with Gasteiger partial charge in [-0.25, -0.2) is 4.98 Å². The van der Waals surface area contributed by atoms with Gasteiger partial charge in [-0.15, -0.1) is 0 Å². The van der Waals surface area contributed by atoms with Crippen LogP contribution in [0, 0.1) is 6.92 Å². The lowest BCUT2D eigenvalue weighted by atomic mass is 9.93. The van der Waals surface area contributed by atoms with E-state index in [2.05, 4.69) is 9.97 Å². The second-order valence-electron chi connectivity index (χ2n) is 8.48. The molecule has 0 aliphatic carbocycles. The molecule has 0 saturated heterocycles. The van der Waals surface area contributed by atoms with Crippen LogP contribution in [0.2, 0.25) is 0 Å². The van der Waals surface area contributed by atoms with E-state index in [1.807, 2.05) is 0 Å². The molecule has 0 bridgehead atoms. The van der Waals surface area contributed by atoms with Crippen molar-refractivity contribution in [2.75, 3.05) is 7.11 Å². The molecule has 4 aromatic rings. The van der Waals surface area contributed by atoms with Crippen LogP contribution in [0.3, 0.4) is 0 Å². The van der Waals surface area contributed by atoms with Gasteiger partial charge in [0.15, 0.2) is 0 Å². The summed E-state index contributed by atoms with van der Waals surface area (Å²) in [5, 5.41) is 10.8. The number of esters is 1. The maximum Gasteiger partial charge on any atom is 0.416 e. The minimum Gasteiger partial charge on any atom is -0.507 e. The number of alkyl halides is 3. The number of imidazole rings is 1. The SMILES string of the molecule is COC(=O)C[C@@H](c1ccc(-c2cccc(C(F)(F)F)c2)o1)c1c(O)cc(C)n(CCc2cnc[nH]2)c1=O. The Morgan fingerprint density at radius 2 is 2.03 bits per heavy atom. The number of aromatic hydroxyl groups is 1. The van der Waals surface area contributed by atoms with Crippen molar-refractivity contribution in [3.05, 3.63) is 93.6 Å². The molecular formula is C26H24F3N3O5. The lowest BCUT2D eigenvalue weighted by Gasteiger charge is -2.18. The second-order valence-corrected chi connectivity index (χ2v) is 8.48. The van der Waals surface area contributed by atoms with E-state index in [4.69, 9.17) is 9.15 Å². The molecular weight excluding hydrogens is 491 g/mol. The fraction of sp³-hybridized carbons (Fsp3) is 0.269. The third-order valence-corrected chi connectivity index (χ3v) is 6.07. The quantitative estimate of drug-likeness (QED) is 0.326. The summed E-state index contributed by atoms with van der Waals surface area (Å²) < 4.78 is 51.7. The number of aryl methyl sites for hydroxylation is 2. The number of carbonyl (C=O) groups is 1. The number of H-pyrrole nitrogens is 1. The van der Waals surface area contributed by atoms with Crippen LogP contribution in [0.25, 0.3) is 11.3 Å². The molecule has 0 saturated carbocycles. The van der Waals surface area contributed by atoms with Crippen LogP contribution in [0.15, 0.2) is 64.2 Å². The lowest BCUT2D eigenvalue weighted by molar-refractivity contribution is -0.141. The number of aromatic amines is 1. The number of furan rings is 1. The van der Waals surface area contributed by atoms with Gasteiger partial charge in [0, 0.05) is 36.1 Å². The largest absolute Gasteiger partial charge is 0.507 e. The topological polar surface area (TPSA) is 110 Å². The number of aromatic nitrogens is 3. The molecule has 194 valence electrons. The first-order chi connectivity index (χ1) is 17.6. The molecule has 2 N–H and O–H groups in total. The molecule has 0 aliphatic rings. The Balaban J connectivity index is 1.76. The van der Waals surface area contributed by atoms with Crippen molar-refractivity contribution >= 4 is 5.97 Å². The highest BCUT2D eigenvalue weighted by atomic mass is 19.4. The Bertz CT molecular complexity index is 1460. The Labute approximate surface area is 209 Å². The highest BCUT2D eigenvalue weighted by Crippen LogP contribution is 2.37. The molecule has 0 aliphatic heterocycles. The molecule has 3 heterocycles.